The summed E-state index contributed by atoms with van der Waals surface area (Å²) in [5.74, 6) is 0.199. The average molecular weight is 280 g/mol. The molecule has 3 N–H and O–H groups in total. The number of hydrogen-bond acceptors (Lipinski definition) is 3. The topological polar surface area (TPSA) is 67.1 Å². The Labute approximate surface area is 121 Å². The standard InChI is InChI=1S/C16H13FN4/c17-13-7-5-11(6-8-13)15-10-20-16(21-15)19-9-12-3-1-2-4-14(12)18/h1-10H,18H2,(H,20,21). The SMILES string of the molecule is Nc1ccccc1C=Nc1nc(-c2ccc(F)cc2)c[nH]1. The predicted molar refractivity (Wildman–Crippen MR) is 82.1 cm³/mol. The van der Waals surface area contributed by atoms with E-state index >= 15 is 0 Å². The molecule has 0 aliphatic carbocycles. The molecule has 4 nitrogen and oxygen atoms in total. The first-order valence-corrected chi connectivity index (χ1v) is 6.42. The lowest BCUT2D eigenvalue weighted by Gasteiger charge is -1.97. The van der Waals surface area contributed by atoms with Gasteiger partial charge in [0.15, 0.2) is 0 Å². The number of H-pyrrole nitrogens is 1. The van der Waals surface area contributed by atoms with Crippen molar-refractivity contribution in [2.45, 2.75) is 0 Å². The van der Waals surface area contributed by atoms with Gasteiger partial charge in [-0.05, 0) is 30.3 Å². The zero-order valence-electron chi connectivity index (χ0n) is 11.1. The number of aromatic nitrogens is 2. The second-order valence-corrected chi connectivity index (χ2v) is 4.50. The van der Waals surface area contributed by atoms with E-state index in [1.165, 1.54) is 12.1 Å². The maximum Gasteiger partial charge on any atom is 0.227 e. The third-order valence-corrected chi connectivity index (χ3v) is 3.03. The van der Waals surface area contributed by atoms with Crippen LogP contribution in [-0.2, 0) is 0 Å². The molecule has 1 heterocycles. The van der Waals surface area contributed by atoms with Crippen LogP contribution in [0.1, 0.15) is 5.56 Å². The minimum Gasteiger partial charge on any atom is -0.398 e. The molecule has 0 aliphatic heterocycles. The lowest BCUT2D eigenvalue weighted by Crippen LogP contribution is -1.91. The van der Waals surface area contributed by atoms with Crippen LogP contribution in [0.25, 0.3) is 11.3 Å². The highest BCUT2D eigenvalue weighted by Gasteiger charge is 2.03. The van der Waals surface area contributed by atoms with Gasteiger partial charge in [-0.25, -0.2) is 14.4 Å². The summed E-state index contributed by atoms with van der Waals surface area (Å²) in [6.45, 7) is 0. The van der Waals surface area contributed by atoms with E-state index in [0.717, 1.165) is 11.1 Å². The smallest absolute Gasteiger partial charge is 0.227 e. The van der Waals surface area contributed by atoms with Crippen LogP contribution in [0.5, 0.6) is 0 Å². The number of anilines is 1. The molecule has 0 fully saturated rings. The molecule has 0 amide bonds. The van der Waals surface area contributed by atoms with E-state index in [2.05, 4.69) is 15.0 Å². The number of rotatable bonds is 3. The molecule has 3 aromatic rings. The highest BCUT2D eigenvalue weighted by molar-refractivity contribution is 5.87. The number of nitrogen functional groups attached to an aromatic ring is 1. The lowest BCUT2D eigenvalue weighted by molar-refractivity contribution is 0.628. The van der Waals surface area contributed by atoms with Crippen molar-refractivity contribution in [2.75, 3.05) is 5.73 Å². The average Bonchev–Trinajstić information content (AvgIpc) is 2.96. The van der Waals surface area contributed by atoms with Crippen LogP contribution in [0.15, 0.2) is 59.7 Å². The number of nitrogens with one attached hydrogen (secondary N) is 1. The van der Waals surface area contributed by atoms with Crippen molar-refractivity contribution in [3.63, 3.8) is 0 Å². The van der Waals surface area contributed by atoms with E-state index in [4.69, 9.17) is 5.73 Å². The minimum absolute atomic E-state index is 0.271. The molecule has 0 unspecified atom stereocenters. The fraction of sp³-hybridized carbons (Fsp3) is 0. The Morgan fingerprint density at radius 1 is 1.10 bits per heavy atom. The molecule has 21 heavy (non-hydrogen) atoms. The Kier molecular flexibility index (Phi) is 3.47. The van der Waals surface area contributed by atoms with E-state index in [0.29, 0.717) is 17.3 Å². The van der Waals surface area contributed by atoms with E-state index in [9.17, 15) is 4.39 Å². The zero-order chi connectivity index (χ0) is 14.7. The molecule has 0 bridgehead atoms. The van der Waals surface area contributed by atoms with Gasteiger partial charge in [0.2, 0.25) is 5.95 Å². The van der Waals surface area contributed by atoms with Crippen molar-refractivity contribution in [1.29, 1.82) is 0 Å². The maximum absolute atomic E-state index is 12.9. The summed E-state index contributed by atoms with van der Waals surface area (Å²) >= 11 is 0. The Hall–Kier alpha value is -2.95. The van der Waals surface area contributed by atoms with Crippen LogP contribution in [0.4, 0.5) is 16.0 Å². The van der Waals surface area contributed by atoms with E-state index in [-0.39, 0.29) is 5.82 Å². The number of imidazole rings is 1. The van der Waals surface area contributed by atoms with Crippen molar-refractivity contribution in [1.82, 2.24) is 9.97 Å². The molecule has 1 aromatic heterocycles. The van der Waals surface area contributed by atoms with Gasteiger partial charge < -0.3 is 10.7 Å². The highest BCUT2D eigenvalue weighted by Crippen LogP contribution is 2.20. The highest BCUT2D eigenvalue weighted by atomic mass is 19.1. The third kappa shape index (κ3) is 2.97. The zero-order valence-corrected chi connectivity index (χ0v) is 11.1. The molecule has 3 rings (SSSR count). The van der Waals surface area contributed by atoms with Gasteiger partial charge >= 0.3 is 0 Å². The molecular formula is C16H13FN4. The van der Waals surface area contributed by atoms with Crippen LogP contribution in [0.2, 0.25) is 0 Å². The molecule has 0 saturated carbocycles. The van der Waals surface area contributed by atoms with Crippen LogP contribution >= 0.6 is 0 Å². The monoisotopic (exact) mass is 280 g/mol. The Morgan fingerprint density at radius 3 is 2.62 bits per heavy atom. The quantitative estimate of drug-likeness (QED) is 0.569. The van der Waals surface area contributed by atoms with E-state index in [1.807, 2.05) is 24.3 Å². The molecule has 0 saturated heterocycles. The molecule has 0 spiro atoms. The predicted octanol–water partition coefficient (Wildman–Crippen LogP) is 3.55. The number of benzene rings is 2. The number of hydrogen-bond donors (Lipinski definition) is 2. The second kappa shape index (κ2) is 5.58. The van der Waals surface area contributed by atoms with Crippen LogP contribution in [0.3, 0.4) is 0 Å². The molecule has 104 valence electrons. The molecule has 0 aliphatic rings. The first-order valence-electron chi connectivity index (χ1n) is 6.42. The first kappa shape index (κ1) is 13.1. The molecule has 0 atom stereocenters. The Morgan fingerprint density at radius 2 is 1.86 bits per heavy atom. The third-order valence-electron chi connectivity index (χ3n) is 3.03. The minimum atomic E-state index is -0.271. The number of nitrogens with two attached hydrogens (primary N) is 1. The summed E-state index contributed by atoms with van der Waals surface area (Å²) < 4.78 is 12.9. The maximum atomic E-state index is 12.9. The van der Waals surface area contributed by atoms with Gasteiger partial charge in [-0.2, -0.15) is 0 Å². The molecule has 2 aromatic carbocycles. The summed E-state index contributed by atoms with van der Waals surface area (Å²) in [6, 6.07) is 13.6. The summed E-state index contributed by atoms with van der Waals surface area (Å²) in [5, 5.41) is 0. The molecule has 0 radical (unpaired) electrons. The number of aromatic amines is 1. The Bertz CT molecular complexity index is 775. The number of nitrogens with zero attached hydrogens (tertiary/aromatic N) is 2. The van der Waals surface area contributed by atoms with Gasteiger partial charge in [-0.3, -0.25) is 0 Å². The number of aliphatic imine (C=N–C) groups is 1. The van der Waals surface area contributed by atoms with Gasteiger partial charge in [-0.1, -0.05) is 18.2 Å². The fourth-order valence-electron chi connectivity index (χ4n) is 1.91. The van der Waals surface area contributed by atoms with Crippen LogP contribution in [0, 0.1) is 5.82 Å². The van der Waals surface area contributed by atoms with Crippen molar-refractivity contribution >= 4 is 17.9 Å². The first-order chi connectivity index (χ1) is 10.2. The van der Waals surface area contributed by atoms with Gasteiger partial charge in [-0.15, -0.1) is 0 Å². The molecular weight excluding hydrogens is 267 g/mol. The van der Waals surface area contributed by atoms with Crippen molar-refractivity contribution in [3.8, 4) is 11.3 Å². The van der Waals surface area contributed by atoms with Crippen LogP contribution < -0.4 is 5.73 Å². The number of halogens is 1. The van der Waals surface area contributed by atoms with Gasteiger partial charge in [0, 0.05) is 29.2 Å². The second-order valence-electron chi connectivity index (χ2n) is 4.50. The van der Waals surface area contributed by atoms with Crippen LogP contribution in [-0.4, -0.2) is 16.2 Å². The summed E-state index contributed by atoms with van der Waals surface area (Å²) in [5.41, 5.74) is 8.87. The largest absolute Gasteiger partial charge is 0.398 e. The van der Waals surface area contributed by atoms with E-state index < -0.39 is 0 Å². The summed E-state index contributed by atoms with van der Waals surface area (Å²) in [7, 11) is 0. The van der Waals surface area contributed by atoms with Crippen molar-refractivity contribution in [2.24, 2.45) is 4.99 Å². The fourth-order valence-corrected chi connectivity index (χ4v) is 1.91. The van der Waals surface area contributed by atoms with Crippen molar-refractivity contribution < 1.29 is 4.39 Å². The van der Waals surface area contributed by atoms with E-state index in [1.54, 1.807) is 24.5 Å². The summed E-state index contributed by atoms with van der Waals surface area (Å²) in [6.07, 6.45) is 3.39. The Balaban J connectivity index is 1.82. The summed E-state index contributed by atoms with van der Waals surface area (Å²) in [4.78, 5) is 11.6. The lowest BCUT2D eigenvalue weighted by atomic mass is 10.2. The molecule has 5 heteroatoms. The van der Waals surface area contributed by atoms with Crippen molar-refractivity contribution in [3.05, 3.63) is 66.1 Å². The van der Waals surface area contributed by atoms with Gasteiger partial charge in [0.1, 0.15) is 5.82 Å². The van der Waals surface area contributed by atoms with Gasteiger partial charge in [0.05, 0.1) is 5.69 Å². The van der Waals surface area contributed by atoms with Gasteiger partial charge in [0.25, 0.3) is 0 Å². The normalized spacial score (nSPS) is 11.1. The number of para-hydroxylation sites is 1.